The maximum atomic E-state index is 13.0. The van der Waals surface area contributed by atoms with Gasteiger partial charge in [-0.25, -0.2) is 0 Å². The zero-order chi connectivity index (χ0) is 21.7. The summed E-state index contributed by atoms with van der Waals surface area (Å²) in [4.78, 5) is 24.8. The van der Waals surface area contributed by atoms with E-state index >= 15 is 0 Å². The van der Waals surface area contributed by atoms with Gasteiger partial charge in [0, 0.05) is 11.1 Å². The minimum absolute atomic E-state index is 0.0448. The molecule has 3 rings (SSSR count). The first kappa shape index (κ1) is 21.3. The number of ketones is 1. The number of rotatable bonds is 7. The summed E-state index contributed by atoms with van der Waals surface area (Å²) in [5.41, 5.74) is 5.68. The van der Waals surface area contributed by atoms with Gasteiger partial charge in [0.15, 0.2) is 5.78 Å². The second kappa shape index (κ2) is 9.40. The molecule has 0 saturated carbocycles. The van der Waals surface area contributed by atoms with Crippen molar-refractivity contribution in [2.45, 2.75) is 33.2 Å². The summed E-state index contributed by atoms with van der Waals surface area (Å²) in [5, 5.41) is 3.17. The van der Waals surface area contributed by atoms with Crippen molar-refractivity contribution in [1.29, 1.82) is 0 Å². The topological polar surface area (TPSA) is 55.4 Å². The Balaban J connectivity index is 1.90. The fraction of sp³-hybridized carbons (Fsp3) is 0.231. The van der Waals surface area contributed by atoms with Crippen molar-refractivity contribution in [3.8, 4) is 5.75 Å². The normalized spacial score (nSPS) is 11.6. The van der Waals surface area contributed by atoms with E-state index in [0.29, 0.717) is 16.9 Å². The highest BCUT2D eigenvalue weighted by molar-refractivity contribution is 5.94. The van der Waals surface area contributed by atoms with Crippen molar-refractivity contribution in [1.82, 2.24) is 5.32 Å². The van der Waals surface area contributed by atoms with Crippen LogP contribution in [-0.4, -0.2) is 18.8 Å². The predicted octanol–water partition coefficient (Wildman–Crippen LogP) is 4.96. The summed E-state index contributed by atoms with van der Waals surface area (Å²) in [6.07, 6.45) is 0.123. The van der Waals surface area contributed by atoms with Crippen LogP contribution in [0.3, 0.4) is 0 Å². The molecular weight excluding hydrogens is 374 g/mol. The Labute approximate surface area is 177 Å². The fourth-order valence-corrected chi connectivity index (χ4v) is 3.47. The molecule has 0 radical (unpaired) electrons. The van der Waals surface area contributed by atoms with Gasteiger partial charge < -0.3 is 10.1 Å². The molecule has 1 N–H and O–H groups in total. The van der Waals surface area contributed by atoms with Crippen LogP contribution >= 0.6 is 0 Å². The molecule has 0 heterocycles. The molecule has 1 amide bonds. The second-order valence-corrected chi connectivity index (χ2v) is 7.51. The van der Waals surface area contributed by atoms with Crippen molar-refractivity contribution in [2.24, 2.45) is 0 Å². The number of benzene rings is 3. The largest absolute Gasteiger partial charge is 0.496 e. The summed E-state index contributed by atoms with van der Waals surface area (Å²) in [7, 11) is 1.56. The lowest BCUT2D eigenvalue weighted by Gasteiger charge is -2.21. The maximum absolute atomic E-state index is 13.0. The molecule has 0 saturated heterocycles. The molecule has 3 aromatic rings. The molecule has 0 spiro atoms. The number of Topliss-reactive ketones (excluding diaryl/α,β-unsaturated/α-hetero) is 1. The lowest BCUT2D eigenvalue weighted by molar-refractivity contribution is -0.121. The van der Waals surface area contributed by atoms with Crippen LogP contribution in [0.4, 0.5) is 0 Å². The number of carbonyl (C=O) groups excluding carboxylic acids is 2. The smallest absolute Gasteiger partial charge is 0.225 e. The van der Waals surface area contributed by atoms with Gasteiger partial charge in [0.05, 0.1) is 19.6 Å². The summed E-state index contributed by atoms with van der Waals surface area (Å²) < 4.78 is 5.39. The van der Waals surface area contributed by atoms with Gasteiger partial charge in [-0.3, -0.25) is 9.59 Å². The third kappa shape index (κ3) is 4.95. The van der Waals surface area contributed by atoms with Gasteiger partial charge in [-0.1, -0.05) is 48.5 Å². The number of carbonyl (C=O) groups is 2. The summed E-state index contributed by atoms with van der Waals surface area (Å²) >= 11 is 0. The van der Waals surface area contributed by atoms with Gasteiger partial charge in [-0.15, -0.1) is 0 Å². The molecule has 4 heteroatoms. The SMILES string of the molecule is COc1ccc(C(C)=O)cc1CC(=O)N[C@H](c1ccccc1)c1ccc(C)c(C)c1. The highest BCUT2D eigenvalue weighted by Gasteiger charge is 2.19. The third-order valence-electron chi connectivity index (χ3n) is 5.34. The highest BCUT2D eigenvalue weighted by atomic mass is 16.5. The Morgan fingerprint density at radius 3 is 2.27 bits per heavy atom. The third-order valence-corrected chi connectivity index (χ3v) is 5.34. The van der Waals surface area contributed by atoms with Gasteiger partial charge in [0.25, 0.3) is 0 Å². The molecule has 0 unspecified atom stereocenters. The molecule has 4 nitrogen and oxygen atoms in total. The molecule has 0 bridgehead atoms. The van der Waals surface area contributed by atoms with E-state index in [4.69, 9.17) is 4.74 Å². The van der Waals surface area contributed by atoms with Crippen LogP contribution in [0.5, 0.6) is 5.75 Å². The molecule has 0 fully saturated rings. The van der Waals surface area contributed by atoms with Gasteiger partial charge in [-0.05, 0) is 61.2 Å². The Hall–Kier alpha value is -3.40. The van der Waals surface area contributed by atoms with Crippen LogP contribution in [-0.2, 0) is 11.2 Å². The van der Waals surface area contributed by atoms with E-state index in [0.717, 1.165) is 11.1 Å². The van der Waals surface area contributed by atoms with E-state index < -0.39 is 0 Å². The van der Waals surface area contributed by atoms with Gasteiger partial charge in [-0.2, -0.15) is 0 Å². The number of hydrogen-bond acceptors (Lipinski definition) is 3. The molecular formula is C26H27NO3. The number of amides is 1. The standard InChI is InChI=1S/C26H27NO3/c1-17-10-11-22(14-18(17)2)26(20-8-6-5-7-9-20)27-25(29)16-23-15-21(19(3)28)12-13-24(23)30-4/h5-15,26H,16H2,1-4H3,(H,27,29)/t26-/m1/s1. The Bertz CT molecular complexity index is 1060. The first-order chi connectivity index (χ1) is 14.4. The monoisotopic (exact) mass is 401 g/mol. The molecule has 154 valence electrons. The van der Waals surface area contributed by atoms with Crippen molar-refractivity contribution >= 4 is 11.7 Å². The lowest BCUT2D eigenvalue weighted by atomic mass is 9.95. The van der Waals surface area contributed by atoms with Crippen LogP contribution in [0.15, 0.2) is 66.7 Å². The molecule has 30 heavy (non-hydrogen) atoms. The zero-order valence-corrected chi connectivity index (χ0v) is 17.9. The molecule has 0 aliphatic heterocycles. The van der Waals surface area contributed by atoms with E-state index in [-0.39, 0.29) is 24.2 Å². The van der Waals surface area contributed by atoms with Gasteiger partial charge in [0.2, 0.25) is 5.91 Å². The summed E-state index contributed by atoms with van der Waals surface area (Å²) in [5.74, 6) is 0.412. The lowest BCUT2D eigenvalue weighted by Crippen LogP contribution is -2.30. The van der Waals surface area contributed by atoms with E-state index in [1.165, 1.54) is 18.1 Å². The molecule has 0 aromatic heterocycles. The van der Waals surface area contributed by atoms with Crippen LogP contribution in [0.1, 0.15) is 51.1 Å². The predicted molar refractivity (Wildman–Crippen MR) is 119 cm³/mol. The zero-order valence-electron chi connectivity index (χ0n) is 17.9. The number of methoxy groups -OCH3 is 1. The minimum Gasteiger partial charge on any atom is -0.496 e. The Morgan fingerprint density at radius 2 is 1.63 bits per heavy atom. The molecule has 1 atom stereocenters. The highest BCUT2D eigenvalue weighted by Crippen LogP contribution is 2.25. The average Bonchev–Trinajstić information content (AvgIpc) is 2.74. The molecule has 0 aliphatic carbocycles. The van der Waals surface area contributed by atoms with E-state index in [9.17, 15) is 9.59 Å². The minimum atomic E-state index is -0.264. The van der Waals surface area contributed by atoms with Crippen molar-refractivity contribution in [3.63, 3.8) is 0 Å². The first-order valence-electron chi connectivity index (χ1n) is 9.98. The van der Waals surface area contributed by atoms with Crippen molar-refractivity contribution in [3.05, 3.63) is 100 Å². The Kier molecular flexibility index (Phi) is 6.68. The van der Waals surface area contributed by atoms with Crippen molar-refractivity contribution < 1.29 is 14.3 Å². The van der Waals surface area contributed by atoms with Crippen LogP contribution < -0.4 is 10.1 Å². The molecule has 0 aliphatic rings. The van der Waals surface area contributed by atoms with Crippen LogP contribution in [0, 0.1) is 13.8 Å². The van der Waals surface area contributed by atoms with E-state index in [2.05, 4.69) is 37.4 Å². The number of hydrogen-bond donors (Lipinski definition) is 1. The number of aryl methyl sites for hydroxylation is 2. The van der Waals surface area contributed by atoms with E-state index in [1.807, 2.05) is 30.3 Å². The van der Waals surface area contributed by atoms with Gasteiger partial charge >= 0.3 is 0 Å². The van der Waals surface area contributed by atoms with Crippen molar-refractivity contribution in [2.75, 3.05) is 7.11 Å². The second-order valence-electron chi connectivity index (χ2n) is 7.51. The Morgan fingerprint density at radius 1 is 0.900 bits per heavy atom. The quantitative estimate of drug-likeness (QED) is 0.569. The maximum Gasteiger partial charge on any atom is 0.225 e. The van der Waals surface area contributed by atoms with Gasteiger partial charge in [0.1, 0.15) is 5.75 Å². The summed E-state index contributed by atoms with van der Waals surface area (Å²) in [6, 6.07) is 21.1. The van der Waals surface area contributed by atoms with E-state index in [1.54, 1.807) is 25.3 Å². The van der Waals surface area contributed by atoms with Crippen LogP contribution in [0.25, 0.3) is 0 Å². The average molecular weight is 402 g/mol. The van der Waals surface area contributed by atoms with Crippen LogP contribution in [0.2, 0.25) is 0 Å². The fourth-order valence-electron chi connectivity index (χ4n) is 3.47. The number of nitrogens with one attached hydrogen (secondary N) is 1. The summed E-state index contributed by atoms with van der Waals surface area (Å²) in [6.45, 7) is 5.65. The number of ether oxygens (including phenoxy) is 1. The first-order valence-corrected chi connectivity index (χ1v) is 9.98. The molecule has 3 aromatic carbocycles.